The van der Waals surface area contributed by atoms with E-state index in [2.05, 4.69) is 4.90 Å². The number of carbonyl (C=O) groups excluding carboxylic acids is 1. The van der Waals surface area contributed by atoms with Crippen molar-refractivity contribution in [2.45, 2.75) is 29.2 Å². The Morgan fingerprint density at radius 2 is 1.76 bits per heavy atom. The summed E-state index contributed by atoms with van der Waals surface area (Å²) in [6.07, 6.45) is 0.398. The molecule has 2 aromatic rings. The summed E-state index contributed by atoms with van der Waals surface area (Å²) in [4.78, 5) is 15.4. The summed E-state index contributed by atoms with van der Waals surface area (Å²) in [5.74, 6) is 0.849. The van der Waals surface area contributed by atoms with E-state index in [0.717, 1.165) is 54.8 Å². The van der Waals surface area contributed by atoms with Gasteiger partial charge >= 0.3 is 5.97 Å². The van der Waals surface area contributed by atoms with Gasteiger partial charge in [-0.3, -0.25) is 9.69 Å². The molecule has 0 aliphatic carbocycles. The molecule has 3 rings (SSSR count). The van der Waals surface area contributed by atoms with E-state index in [-0.39, 0.29) is 12.5 Å². The van der Waals surface area contributed by atoms with Crippen molar-refractivity contribution in [1.82, 2.24) is 4.90 Å². The minimum absolute atomic E-state index is 0.0585. The largest absolute Gasteiger partial charge is 0.494 e. The molecule has 0 radical (unpaired) electrons. The number of halogens is 3. The summed E-state index contributed by atoms with van der Waals surface area (Å²) in [7, 11) is 0. The summed E-state index contributed by atoms with van der Waals surface area (Å²) in [5.41, 5.74) is 0. The minimum atomic E-state index is -0.583. The van der Waals surface area contributed by atoms with Crippen LogP contribution < -0.4 is 9.47 Å². The van der Waals surface area contributed by atoms with E-state index in [4.69, 9.17) is 53.8 Å². The Hall–Kier alpha value is -1.35. The third kappa shape index (κ3) is 9.02. The van der Waals surface area contributed by atoms with Crippen molar-refractivity contribution >= 4 is 52.5 Å². The number of alkyl halides is 1. The minimum Gasteiger partial charge on any atom is -0.494 e. The number of nitrogens with zero attached hydrogens (tertiary/aromatic N) is 1. The quantitative estimate of drug-likeness (QED) is 0.189. The van der Waals surface area contributed by atoms with E-state index in [1.807, 2.05) is 24.3 Å². The third-order valence-corrected chi connectivity index (χ3v) is 6.83. The standard InChI is InChI=1S/C24H28Cl3NO5S/c1-17(29)33-19(15-25)16-32-24-22(26)13-21(14-23(24)27)34-20-5-3-18(4-6-20)31-10-2-7-28-8-11-30-12-9-28/h3-6,13-14,19H,2,7-12,15-16H2,1H3. The summed E-state index contributed by atoms with van der Waals surface area (Å²) in [6.45, 7) is 6.70. The van der Waals surface area contributed by atoms with Gasteiger partial charge in [-0.1, -0.05) is 35.0 Å². The second-order valence-corrected chi connectivity index (χ2v) is 9.91. The Kier molecular flexibility index (Phi) is 11.4. The number of morpholine rings is 1. The molecule has 0 N–H and O–H groups in total. The normalized spacial score (nSPS) is 15.1. The van der Waals surface area contributed by atoms with Crippen LogP contribution in [-0.2, 0) is 14.3 Å². The predicted octanol–water partition coefficient (Wildman–Crippen LogP) is 5.80. The summed E-state index contributed by atoms with van der Waals surface area (Å²) in [5, 5.41) is 0.734. The fourth-order valence-corrected chi connectivity index (χ4v) is 5.07. The maximum atomic E-state index is 11.1. The third-order valence-electron chi connectivity index (χ3n) is 4.94. The molecule has 1 heterocycles. The van der Waals surface area contributed by atoms with Gasteiger partial charge in [0.15, 0.2) is 5.75 Å². The summed E-state index contributed by atoms with van der Waals surface area (Å²) < 4.78 is 22.0. The van der Waals surface area contributed by atoms with E-state index in [9.17, 15) is 4.79 Å². The molecule has 186 valence electrons. The molecule has 0 spiro atoms. The molecule has 0 aromatic heterocycles. The Bertz CT molecular complexity index is 902. The van der Waals surface area contributed by atoms with Crippen molar-refractivity contribution in [3.8, 4) is 11.5 Å². The zero-order valence-electron chi connectivity index (χ0n) is 18.9. The van der Waals surface area contributed by atoms with Crippen LogP contribution in [0.3, 0.4) is 0 Å². The maximum Gasteiger partial charge on any atom is 0.303 e. The van der Waals surface area contributed by atoms with Crippen molar-refractivity contribution in [1.29, 1.82) is 0 Å². The van der Waals surface area contributed by atoms with Gasteiger partial charge in [-0.15, -0.1) is 11.6 Å². The lowest BCUT2D eigenvalue weighted by molar-refractivity contribution is -0.146. The van der Waals surface area contributed by atoms with Crippen LogP contribution in [0.4, 0.5) is 0 Å². The molecule has 10 heteroatoms. The number of ether oxygens (including phenoxy) is 4. The highest BCUT2D eigenvalue weighted by atomic mass is 35.5. The van der Waals surface area contributed by atoms with Gasteiger partial charge in [0.2, 0.25) is 0 Å². The van der Waals surface area contributed by atoms with Crippen LogP contribution in [-0.4, -0.2) is 68.9 Å². The van der Waals surface area contributed by atoms with Crippen molar-refractivity contribution in [3.05, 3.63) is 46.4 Å². The number of hydrogen-bond donors (Lipinski definition) is 0. The van der Waals surface area contributed by atoms with Gasteiger partial charge in [-0.2, -0.15) is 0 Å². The Labute approximate surface area is 219 Å². The Morgan fingerprint density at radius 1 is 1.09 bits per heavy atom. The maximum absolute atomic E-state index is 11.1. The molecule has 1 fully saturated rings. The highest BCUT2D eigenvalue weighted by molar-refractivity contribution is 7.99. The molecule has 2 aromatic carbocycles. The highest BCUT2D eigenvalue weighted by Gasteiger charge is 2.16. The molecule has 1 atom stereocenters. The first-order chi connectivity index (χ1) is 16.4. The lowest BCUT2D eigenvalue weighted by Gasteiger charge is -2.26. The first kappa shape index (κ1) is 27.2. The fraction of sp³-hybridized carbons (Fsp3) is 0.458. The van der Waals surface area contributed by atoms with Crippen molar-refractivity contribution < 1.29 is 23.7 Å². The number of rotatable bonds is 12. The number of hydrogen-bond acceptors (Lipinski definition) is 7. The van der Waals surface area contributed by atoms with Crippen LogP contribution >= 0.6 is 46.6 Å². The second kappa shape index (κ2) is 14.3. The second-order valence-electron chi connectivity index (χ2n) is 7.64. The molecule has 6 nitrogen and oxygen atoms in total. The highest BCUT2D eigenvalue weighted by Crippen LogP contribution is 2.39. The molecule has 1 aliphatic rings. The van der Waals surface area contributed by atoms with E-state index >= 15 is 0 Å². The fourth-order valence-electron chi connectivity index (χ4n) is 3.30. The smallest absolute Gasteiger partial charge is 0.303 e. The van der Waals surface area contributed by atoms with Gasteiger partial charge < -0.3 is 18.9 Å². The molecule has 0 bridgehead atoms. The predicted molar refractivity (Wildman–Crippen MR) is 136 cm³/mol. The van der Waals surface area contributed by atoms with E-state index in [0.29, 0.717) is 22.4 Å². The number of esters is 1. The van der Waals surface area contributed by atoms with Gasteiger partial charge in [0.25, 0.3) is 0 Å². The number of carbonyl (C=O) groups is 1. The van der Waals surface area contributed by atoms with Gasteiger partial charge in [0.1, 0.15) is 18.5 Å². The lowest BCUT2D eigenvalue weighted by atomic mass is 10.3. The van der Waals surface area contributed by atoms with Gasteiger partial charge in [-0.05, 0) is 42.8 Å². The SMILES string of the molecule is CC(=O)OC(CCl)COc1c(Cl)cc(Sc2ccc(OCCCN3CCOCC3)cc2)cc1Cl. The molecular weight excluding hydrogens is 521 g/mol. The van der Waals surface area contributed by atoms with Gasteiger partial charge in [0.05, 0.1) is 35.7 Å². The van der Waals surface area contributed by atoms with Crippen molar-refractivity contribution in [2.24, 2.45) is 0 Å². The molecule has 0 amide bonds. The van der Waals surface area contributed by atoms with Crippen LogP contribution in [0.2, 0.25) is 10.0 Å². The molecule has 1 aliphatic heterocycles. The molecule has 0 saturated carbocycles. The Morgan fingerprint density at radius 3 is 2.38 bits per heavy atom. The van der Waals surface area contributed by atoms with Gasteiger partial charge in [-0.25, -0.2) is 0 Å². The summed E-state index contributed by atoms with van der Waals surface area (Å²) >= 11 is 20.1. The van der Waals surface area contributed by atoms with Crippen LogP contribution in [0, 0.1) is 0 Å². The van der Waals surface area contributed by atoms with Crippen LogP contribution in [0.15, 0.2) is 46.2 Å². The lowest BCUT2D eigenvalue weighted by Crippen LogP contribution is -2.37. The van der Waals surface area contributed by atoms with Crippen LogP contribution in [0.1, 0.15) is 13.3 Å². The topological polar surface area (TPSA) is 57.2 Å². The first-order valence-electron chi connectivity index (χ1n) is 11.0. The van der Waals surface area contributed by atoms with Crippen molar-refractivity contribution in [3.63, 3.8) is 0 Å². The first-order valence-corrected chi connectivity index (χ1v) is 13.1. The van der Waals surface area contributed by atoms with E-state index in [1.165, 1.54) is 18.7 Å². The number of benzene rings is 2. The summed E-state index contributed by atoms with van der Waals surface area (Å²) in [6, 6.07) is 11.5. The molecule has 1 unspecified atom stereocenters. The molecule has 1 saturated heterocycles. The van der Waals surface area contributed by atoms with Crippen LogP contribution in [0.5, 0.6) is 11.5 Å². The zero-order valence-corrected chi connectivity index (χ0v) is 22.0. The monoisotopic (exact) mass is 547 g/mol. The average molecular weight is 549 g/mol. The molecular formula is C24H28Cl3NO5S. The van der Waals surface area contributed by atoms with Gasteiger partial charge in [0, 0.05) is 36.3 Å². The average Bonchev–Trinajstić information content (AvgIpc) is 2.82. The molecule has 34 heavy (non-hydrogen) atoms. The van der Waals surface area contributed by atoms with E-state index < -0.39 is 12.1 Å². The Balaban J connectivity index is 1.48. The van der Waals surface area contributed by atoms with Crippen molar-refractivity contribution in [2.75, 3.05) is 51.9 Å². The zero-order chi connectivity index (χ0) is 24.3. The van der Waals surface area contributed by atoms with Crippen LogP contribution in [0.25, 0.3) is 0 Å². The van der Waals surface area contributed by atoms with E-state index in [1.54, 1.807) is 12.1 Å².